The van der Waals surface area contributed by atoms with Crippen LogP contribution in [-0.2, 0) is 9.84 Å². The molecule has 25 heavy (non-hydrogen) atoms. The molecule has 8 nitrogen and oxygen atoms in total. The van der Waals surface area contributed by atoms with Crippen LogP contribution in [0.5, 0.6) is 5.75 Å². The van der Waals surface area contributed by atoms with Gasteiger partial charge in [-0.1, -0.05) is 0 Å². The lowest BCUT2D eigenvalue weighted by atomic mass is 10.2. The zero-order valence-electron chi connectivity index (χ0n) is 13.9. The molecule has 1 unspecified atom stereocenters. The van der Waals surface area contributed by atoms with Gasteiger partial charge in [0.25, 0.3) is 0 Å². The van der Waals surface area contributed by atoms with Crippen LogP contribution in [0.3, 0.4) is 0 Å². The summed E-state index contributed by atoms with van der Waals surface area (Å²) in [6.45, 7) is 1.99. The Morgan fingerprint density at radius 3 is 2.84 bits per heavy atom. The topological polar surface area (TPSA) is 120 Å². The van der Waals surface area contributed by atoms with Crippen LogP contribution >= 0.6 is 0 Å². The van der Waals surface area contributed by atoms with Crippen LogP contribution in [0.15, 0.2) is 18.2 Å². The van der Waals surface area contributed by atoms with E-state index in [1.807, 2.05) is 6.07 Å². The van der Waals surface area contributed by atoms with Gasteiger partial charge in [0.05, 0.1) is 30.3 Å². The fourth-order valence-electron chi connectivity index (χ4n) is 2.75. The zero-order chi connectivity index (χ0) is 18.4. The minimum atomic E-state index is -3.15. The van der Waals surface area contributed by atoms with Gasteiger partial charge in [-0.25, -0.2) is 13.2 Å². The number of benzene rings is 1. The summed E-state index contributed by atoms with van der Waals surface area (Å²) >= 11 is 0. The van der Waals surface area contributed by atoms with Gasteiger partial charge in [0.2, 0.25) is 0 Å². The molecule has 1 aliphatic rings. The quantitative estimate of drug-likeness (QED) is 0.773. The predicted molar refractivity (Wildman–Crippen MR) is 92.2 cm³/mol. The van der Waals surface area contributed by atoms with Crippen LogP contribution in [0.25, 0.3) is 0 Å². The third kappa shape index (κ3) is 4.84. The van der Waals surface area contributed by atoms with Gasteiger partial charge >= 0.3 is 6.03 Å². The van der Waals surface area contributed by atoms with Crippen LogP contribution in [0.1, 0.15) is 18.9 Å². The number of nitrogens with zero attached hydrogens (tertiary/aromatic N) is 2. The van der Waals surface area contributed by atoms with Crippen molar-refractivity contribution in [3.8, 4) is 11.8 Å². The number of hydrogen-bond acceptors (Lipinski definition) is 6. The van der Waals surface area contributed by atoms with Crippen molar-refractivity contribution in [1.82, 2.24) is 4.90 Å². The number of carbonyl (C=O) groups excluding carboxylic acids is 1. The maximum Gasteiger partial charge on any atom is 0.322 e. The van der Waals surface area contributed by atoms with Crippen LogP contribution in [0.4, 0.5) is 10.5 Å². The van der Waals surface area contributed by atoms with E-state index in [0.717, 1.165) is 0 Å². The molecule has 136 valence electrons. The first-order valence-electron chi connectivity index (χ1n) is 7.96. The maximum atomic E-state index is 12.5. The fourth-order valence-corrected chi connectivity index (χ4v) is 4.48. The van der Waals surface area contributed by atoms with Gasteiger partial charge in [-0.15, -0.1) is 0 Å². The second kappa shape index (κ2) is 8.18. The molecule has 1 aliphatic heterocycles. The van der Waals surface area contributed by atoms with Gasteiger partial charge in [-0.2, -0.15) is 5.26 Å². The largest absolute Gasteiger partial charge is 0.492 e. The number of urea groups is 1. The zero-order valence-corrected chi connectivity index (χ0v) is 14.8. The normalized spacial score (nSPS) is 18.4. The maximum absolute atomic E-state index is 12.5. The lowest BCUT2D eigenvalue weighted by Crippen LogP contribution is -2.45. The molecule has 1 saturated heterocycles. The van der Waals surface area contributed by atoms with Crippen molar-refractivity contribution in [3.05, 3.63) is 23.8 Å². The van der Waals surface area contributed by atoms with Crippen molar-refractivity contribution in [3.63, 3.8) is 0 Å². The van der Waals surface area contributed by atoms with Gasteiger partial charge in [0.15, 0.2) is 9.84 Å². The Kier molecular flexibility index (Phi) is 6.22. The summed E-state index contributed by atoms with van der Waals surface area (Å²) in [5.41, 5.74) is 0.686. The molecule has 1 aromatic carbocycles. The van der Waals surface area contributed by atoms with Gasteiger partial charge in [0, 0.05) is 18.3 Å². The van der Waals surface area contributed by atoms with Crippen molar-refractivity contribution in [1.29, 1.82) is 5.26 Å². The molecule has 2 amide bonds. The number of aliphatic hydroxyl groups is 1. The molecule has 9 heteroatoms. The number of rotatable bonds is 6. The monoisotopic (exact) mass is 367 g/mol. The van der Waals surface area contributed by atoms with Gasteiger partial charge in [-0.3, -0.25) is 0 Å². The molecule has 0 aromatic heterocycles. The summed E-state index contributed by atoms with van der Waals surface area (Å²) in [6, 6.07) is 5.72. The van der Waals surface area contributed by atoms with E-state index in [1.54, 1.807) is 19.1 Å². The molecule has 2 N–H and O–H groups in total. The first kappa shape index (κ1) is 19.0. The Morgan fingerprint density at radius 1 is 1.52 bits per heavy atom. The molecule has 0 aliphatic carbocycles. The Hall–Kier alpha value is -2.31. The van der Waals surface area contributed by atoms with Gasteiger partial charge < -0.3 is 20.1 Å². The molecule has 0 bridgehead atoms. The first-order chi connectivity index (χ1) is 11.9. The summed E-state index contributed by atoms with van der Waals surface area (Å²) in [5, 5.41) is 21.0. The van der Waals surface area contributed by atoms with Gasteiger partial charge in [-0.05, 0) is 31.5 Å². The highest BCUT2D eigenvalue weighted by Crippen LogP contribution is 2.23. The second-order valence-electron chi connectivity index (χ2n) is 5.66. The van der Waals surface area contributed by atoms with E-state index in [2.05, 4.69) is 5.32 Å². The number of ether oxygens (including phenoxy) is 1. The second-order valence-corrected chi connectivity index (χ2v) is 7.89. The van der Waals surface area contributed by atoms with E-state index in [1.165, 1.54) is 11.0 Å². The summed E-state index contributed by atoms with van der Waals surface area (Å²) in [6.07, 6.45) is 0.350. The van der Waals surface area contributed by atoms with E-state index >= 15 is 0 Å². The van der Waals surface area contributed by atoms with E-state index in [0.29, 0.717) is 24.5 Å². The summed E-state index contributed by atoms with van der Waals surface area (Å²) in [7, 11) is -3.15. The molecule has 0 radical (unpaired) electrons. The average molecular weight is 367 g/mol. The Labute approximate surface area is 146 Å². The van der Waals surface area contributed by atoms with Crippen LogP contribution < -0.4 is 10.1 Å². The van der Waals surface area contributed by atoms with Crippen molar-refractivity contribution >= 4 is 21.6 Å². The molecule has 1 aromatic rings. The summed E-state index contributed by atoms with van der Waals surface area (Å²) in [4.78, 5) is 13.8. The highest BCUT2D eigenvalue weighted by atomic mass is 32.2. The van der Waals surface area contributed by atoms with Crippen molar-refractivity contribution in [2.45, 2.75) is 19.4 Å². The van der Waals surface area contributed by atoms with Crippen molar-refractivity contribution in [2.75, 3.05) is 36.6 Å². The number of amides is 2. The molecule has 0 spiro atoms. The van der Waals surface area contributed by atoms with E-state index in [4.69, 9.17) is 4.74 Å². The number of anilines is 1. The number of sulfone groups is 1. The van der Waals surface area contributed by atoms with Crippen LogP contribution in [-0.4, -0.2) is 61.8 Å². The molecule has 1 fully saturated rings. The van der Waals surface area contributed by atoms with Crippen molar-refractivity contribution in [2.24, 2.45) is 0 Å². The third-order valence-electron chi connectivity index (χ3n) is 3.90. The number of nitrogens with one attached hydrogen (secondary N) is 1. The third-order valence-corrected chi connectivity index (χ3v) is 5.65. The van der Waals surface area contributed by atoms with Crippen molar-refractivity contribution < 1.29 is 23.1 Å². The highest BCUT2D eigenvalue weighted by molar-refractivity contribution is 7.91. The Bertz CT molecular complexity index is 772. The molecule has 1 heterocycles. The standard InChI is InChI=1S/C16H21N3O5S/c1-2-24-15-4-3-13(9-12(15)10-17)18-16(21)19(6-7-20)14-5-8-25(22,23)11-14/h3-4,9,14,20H,2,5-8,11H2,1H3,(H,18,21). The minimum Gasteiger partial charge on any atom is -0.492 e. The Morgan fingerprint density at radius 2 is 2.28 bits per heavy atom. The smallest absolute Gasteiger partial charge is 0.322 e. The minimum absolute atomic E-state index is 0.0359. The molecular formula is C16H21N3O5S. The van der Waals surface area contributed by atoms with E-state index in [9.17, 15) is 23.6 Å². The van der Waals surface area contributed by atoms with Crippen LogP contribution in [0, 0.1) is 11.3 Å². The highest BCUT2D eigenvalue weighted by Gasteiger charge is 2.34. The average Bonchev–Trinajstić information content (AvgIpc) is 2.93. The predicted octanol–water partition coefficient (Wildman–Crippen LogP) is 0.970. The fraction of sp³-hybridized carbons (Fsp3) is 0.500. The molecule has 1 atom stereocenters. The number of aliphatic hydroxyl groups excluding tert-OH is 1. The SMILES string of the molecule is CCOc1ccc(NC(=O)N(CCO)C2CCS(=O)(=O)C2)cc1C#N. The van der Waals surface area contributed by atoms with E-state index < -0.39 is 21.9 Å². The number of nitriles is 1. The lowest BCUT2D eigenvalue weighted by molar-refractivity contribution is 0.169. The summed E-state index contributed by atoms with van der Waals surface area (Å²) < 4.78 is 28.6. The number of carbonyl (C=O) groups is 1. The lowest BCUT2D eigenvalue weighted by Gasteiger charge is -2.27. The van der Waals surface area contributed by atoms with Gasteiger partial charge in [0.1, 0.15) is 11.8 Å². The molecule has 2 rings (SSSR count). The molecular weight excluding hydrogens is 346 g/mol. The van der Waals surface area contributed by atoms with E-state index in [-0.39, 0.29) is 30.2 Å². The number of hydrogen-bond donors (Lipinski definition) is 2. The molecule has 0 saturated carbocycles. The summed E-state index contributed by atoms with van der Waals surface area (Å²) in [5.74, 6) is 0.360. The Balaban J connectivity index is 2.14. The van der Waals surface area contributed by atoms with Crippen LogP contribution in [0.2, 0.25) is 0 Å². The first-order valence-corrected chi connectivity index (χ1v) is 9.78.